The maximum Gasteiger partial charge on any atom is 0.332 e. The fourth-order valence-electron chi connectivity index (χ4n) is 11.2. The standard InChI is InChI=1S/C34H52O7/c1-29(2)14-16-34(28(38)39)17-15-32(6)21(22(34)18-29)8-9-24-31(5)12-11-25(41-27(37)20-40-19-26(35)36)30(3,4)23(31)10-13-33(24,32)7/h8,22-25H,9-20H2,1-7H3,(H,35,36)(H,38,39)/t22-,23-,24+,25-,31-,32+,33+,34-/m0/s1. The van der Waals surface area contributed by atoms with Crippen molar-refractivity contribution in [3.05, 3.63) is 11.6 Å². The fraction of sp³-hybridized carbons (Fsp3) is 0.853. The molecule has 0 aromatic rings. The molecule has 7 nitrogen and oxygen atoms in total. The number of fused-ring (bicyclic) bond motifs is 7. The number of esters is 1. The van der Waals surface area contributed by atoms with E-state index in [2.05, 4.69) is 54.5 Å². The van der Waals surface area contributed by atoms with E-state index < -0.39 is 29.9 Å². The predicted octanol–water partition coefficient (Wildman–Crippen LogP) is 6.89. The second kappa shape index (κ2) is 9.82. The molecule has 0 aliphatic heterocycles. The number of carbonyl (C=O) groups is 3. The van der Waals surface area contributed by atoms with Gasteiger partial charge in [-0.25, -0.2) is 9.59 Å². The molecule has 0 spiro atoms. The van der Waals surface area contributed by atoms with Crippen molar-refractivity contribution in [3.8, 4) is 0 Å². The summed E-state index contributed by atoms with van der Waals surface area (Å²) in [4.78, 5) is 36.2. The van der Waals surface area contributed by atoms with Gasteiger partial charge >= 0.3 is 17.9 Å². The Morgan fingerprint density at radius 2 is 1.54 bits per heavy atom. The summed E-state index contributed by atoms with van der Waals surface area (Å²) in [5, 5.41) is 19.4. The summed E-state index contributed by atoms with van der Waals surface area (Å²) >= 11 is 0. The lowest BCUT2D eigenvalue weighted by Crippen LogP contribution is -2.65. The van der Waals surface area contributed by atoms with Crippen molar-refractivity contribution < 1.29 is 34.1 Å². The van der Waals surface area contributed by atoms with Gasteiger partial charge in [-0.1, -0.05) is 60.1 Å². The summed E-state index contributed by atoms with van der Waals surface area (Å²) < 4.78 is 10.9. The zero-order valence-corrected chi connectivity index (χ0v) is 26.3. The third-order valence-electron chi connectivity index (χ3n) is 13.7. The van der Waals surface area contributed by atoms with E-state index in [1.807, 2.05) is 0 Å². The molecule has 5 rings (SSSR count). The molecule has 0 radical (unpaired) electrons. The van der Waals surface area contributed by atoms with Gasteiger partial charge in [-0.15, -0.1) is 0 Å². The minimum atomic E-state index is -1.10. The number of rotatable bonds is 6. The molecule has 0 aromatic heterocycles. The van der Waals surface area contributed by atoms with Crippen LogP contribution in [0.15, 0.2) is 11.6 Å². The van der Waals surface area contributed by atoms with Crippen molar-refractivity contribution in [2.45, 2.75) is 119 Å². The molecule has 0 heterocycles. The second-order valence-corrected chi connectivity index (χ2v) is 16.4. The number of allylic oxidation sites excluding steroid dienone is 2. The van der Waals surface area contributed by atoms with Crippen LogP contribution in [0.4, 0.5) is 0 Å². The largest absolute Gasteiger partial charge is 0.481 e. The molecule has 5 aliphatic rings. The Morgan fingerprint density at radius 3 is 2.20 bits per heavy atom. The van der Waals surface area contributed by atoms with Gasteiger partial charge < -0.3 is 19.7 Å². The normalized spacial score (nSPS) is 44.2. The average Bonchev–Trinajstić information content (AvgIpc) is 2.85. The van der Waals surface area contributed by atoms with Crippen molar-refractivity contribution in [2.75, 3.05) is 13.2 Å². The highest BCUT2D eigenvalue weighted by Crippen LogP contribution is 2.75. The summed E-state index contributed by atoms with van der Waals surface area (Å²) in [6.45, 7) is 15.7. The molecule has 2 N–H and O–H groups in total. The van der Waals surface area contributed by atoms with Crippen LogP contribution in [0.1, 0.15) is 113 Å². The summed E-state index contributed by atoms with van der Waals surface area (Å²) in [5.41, 5.74) is 0.904. The number of carboxylic acid groups (broad SMARTS) is 2. The number of carboxylic acids is 2. The molecule has 4 saturated carbocycles. The van der Waals surface area contributed by atoms with Crippen molar-refractivity contribution in [2.24, 2.45) is 50.2 Å². The van der Waals surface area contributed by atoms with Gasteiger partial charge in [0, 0.05) is 5.41 Å². The van der Waals surface area contributed by atoms with Gasteiger partial charge in [0.2, 0.25) is 0 Å². The van der Waals surface area contributed by atoms with Gasteiger partial charge in [0.1, 0.15) is 19.3 Å². The Morgan fingerprint density at radius 1 is 0.854 bits per heavy atom. The quantitative estimate of drug-likeness (QED) is 0.263. The first-order chi connectivity index (χ1) is 18.9. The molecular formula is C34H52O7. The highest BCUT2D eigenvalue weighted by Gasteiger charge is 2.69. The van der Waals surface area contributed by atoms with Crippen molar-refractivity contribution in [3.63, 3.8) is 0 Å². The number of hydrogen-bond donors (Lipinski definition) is 2. The zero-order chi connectivity index (χ0) is 30.2. The van der Waals surface area contributed by atoms with E-state index in [-0.39, 0.29) is 45.7 Å². The van der Waals surface area contributed by atoms with Crippen LogP contribution in [0.2, 0.25) is 0 Å². The van der Waals surface area contributed by atoms with Crippen molar-refractivity contribution >= 4 is 17.9 Å². The third kappa shape index (κ3) is 4.50. The molecule has 0 aromatic carbocycles. The summed E-state index contributed by atoms with van der Waals surface area (Å²) in [5.74, 6) is -1.22. The van der Waals surface area contributed by atoms with Crippen LogP contribution in [0.25, 0.3) is 0 Å². The second-order valence-electron chi connectivity index (χ2n) is 16.4. The van der Waals surface area contributed by atoms with E-state index in [0.29, 0.717) is 11.8 Å². The molecule has 5 aliphatic carbocycles. The molecule has 0 unspecified atom stereocenters. The van der Waals surface area contributed by atoms with E-state index in [1.54, 1.807) is 0 Å². The average molecular weight is 573 g/mol. The van der Waals surface area contributed by atoms with Crippen LogP contribution in [-0.2, 0) is 23.9 Å². The highest BCUT2D eigenvalue weighted by atomic mass is 16.6. The van der Waals surface area contributed by atoms with Crippen LogP contribution in [0, 0.1) is 50.2 Å². The van der Waals surface area contributed by atoms with Crippen LogP contribution >= 0.6 is 0 Å². The maximum atomic E-state index is 12.9. The molecule has 7 heteroatoms. The minimum Gasteiger partial charge on any atom is -0.481 e. The molecule has 0 amide bonds. The fourth-order valence-corrected chi connectivity index (χ4v) is 11.2. The molecule has 8 atom stereocenters. The molecule has 4 fully saturated rings. The van der Waals surface area contributed by atoms with Gasteiger partial charge in [0.05, 0.1) is 5.41 Å². The molecule has 41 heavy (non-hydrogen) atoms. The maximum absolute atomic E-state index is 12.9. The van der Waals surface area contributed by atoms with Crippen molar-refractivity contribution in [1.29, 1.82) is 0 Å². The first-order valence-corrected chi connectivity index (χ1v) is 15.9. The summed E-state index contributed by atoms with van der Waals surface area (Å²) in [6.07, 6.45) is 11.6. The Kier molecular flexibility index (Phi) is 7.32. The number of carbonyl (C=O) groups excluding carboxylic acids is 1. The Labute approximate surface area is 245 Å². The zero-order valence-electron chi connectivity index (χ0n) is 26.3. The van der Waals surface area contributed by atoms with Crippen LogP contribution in [0.5, 0.6) is 0 Å². The van der Waals surface area contributed by atoms with E-state index >= 15 is 0 Å². The minimum absolute atomic E-state index is 0.0180. The van der Waals surface area contributed by atoms with E-state index in [0.717, 1.165) is 64.2 Å². The first kappa shape index (κ1) is 30.6. The monoisotopic (exact) mass is 572 g/mol. The lowest BCUT2D eigenvalue weighted by molar-refractivity contribution is -0.215. The molecule has 230 valence electrons. The molecule has 0 bridgehead atoms. The Balaban J connectivity index is 1.43. The van der Waals surface area contributed by atoms with Crippen LogP contribution < -0.4 is 0 Å². The summed E-state index contributed by atoms with van der Waals surface area (Å²) in [7, 11) is 0. The Bertz CT molecular complexity index is 1140. The van der Waals surface area contributed by atoms with Gasteiger partial charge in [-0.05, 0) is 104 Å². The number of ether oxygens (including phenoxy) is 2. The summed E-state index contributed by atoms with van der Waals surface area (Å²) in [6, 6.07) is 0. The number of aliphatic carboxylic acids is 2. The highest BCUT2D eigenvalue weighted by molar-refractivity contribution is 5.76. The van der Waals surface area contributed by atoms with Crippen LogP contribution in [-0.4, -0.2) is 47.4 Å². The molecule has 0 saturated heterocycles. The topological polar surface area (TPSA) is 110 Å². The van der Waals surface area contributed by atoms with Gasteiger partial charge in [0.25, 0.3) is 0 Å². The number of hydrogen-bond acceptors (Lipinski definition) is 5. The van der Waals surface area contributed by atoms with E-state index in [1.165, 1.54) is 5.57 Å². The van der Waals surface area contributed by atoms with Gasteiger partial charge in [-0.2, -0.15) is 0 Å². The Hall–Kier alpha value is -1.89. The van der Waals surface area contributed by atoms with Gasteiger partial charge in [0.15, 0.2) is 0 Å². The first-order valence-electron chi connectivity index (χ1n) is 15.9. The van der Waals surface area contributed by atoms with Crippen molar-refractivity contribution in [1.82, 2.24) is 0 Å². The van der Waals surface area contributed by atoms with Gasteiger partial charge in [-0.3, -0.25) is 4.79 Å². The third-order valence-corrected chi connectivity index (χ3v) is 13.7. The van der Waals surface area contributed by atoms with E-state index in [4.69, 9.17) is 14.6 Å². The van der Waals surface area contributed by atoms with E-state index in [9.17, 15) is 19.5 Å². The SMILES string of the molecule is CC1(C)CC[C@]2(C(=O)O)CC[C@]3(C)C(=CC[C@@H]4[C@@]5(C)CC[C@H](OC(=O)COCC(=O)O)C(C)(C)[C@@H]5CC[C@]43C)[C@@H]2C1. The van der Waals surface area contributed by atoms with Crippen LogP contribution in [0.3, 0.4) is 0 Å². The lowest BCUT2D eigenvalue weighted by Gasteiger charge is -2.71. The lowest BCUT2D eigenvalue weighted by atomic mass is 9.33. The molecular weight excluding hydrogens is 520 g/mol. The smallest absolute Gasteiger partial charge is 0.332 e. The predicted molar refractivity (Wildman–Crippen MR) is 155 cm³/mol.